The van der Waals surface area contributed by atoms with Gasteiger partial charge >= 0.3 is 5.69 Å². The number of piperidine rings is 2. The van der Waals surface area contributed by atoms with Crippen molar-refractivity contribution in [2.24, 2.45) is 13.0 Å². The molecule has 65 heavy (non-hydrogen) atoms. The molecule has 2 aliphatic carbocycles. The molecule has 5 fully saturated rings. The van der Waals surface area contributed by atoms with Crippen LogP contribution in [0.1, 0.15) is 111 Å². The lowest BCUT2D eigenvalue weighted by Gasteiger charge is -2.48. The Morgan fingerprint density at radius 1 is 1.06 bits per heavy atom. The van der Waals surface area contributed by atoms with Crippen molar-refractivity contribution in [1.82, 2.24) is 43.7 Å². The van der Waals surface area contributed by atoms with Gasteiger partial charge in [0.05, 0.1) is 52.8 Å². The highest BCUT2D eigenvalue weighted by molar-refractivity contribution is 6.08. The second kappa shape index (κ2) is 17.8. The number of nitrogens with zero attached hydrogens (tertiary/aromatic N) is 9. The number of hydrogen-bond acceptors (Lipinski definition) is 11. The first kappa shape index (κ1) is 43.0. The standard InChI is InChI=1S/C46H53F2N11O6/c1-54-40-30(5-2-7-35(40)59(45(54)63)36-12-13-38(60)52-44(36)62)6-3-23-64-32-14-19-55(20-15-32)26-29-8-10-31(11-9-29)58-27-34(39(53-58)41(47)48)50-43(61)33-25-49-57-21-16-37(51-42(33)57)56-22-24-65-46(28-56)17-4-18-46/h2,5,7,16,21,25,27,29,31-32,36,41H,4,8-15,17-20,22-24,26,28H2,1H3,(H,50,61)(H,52,60,62)/t29-,31-,36?. The van der Waals surface area contributed by atoms with E-state index in [-0.39, 0.29) is 60.0 Å². The normalized spacial score (nSPS) is 22.9. The van der Waals surface area contributed by atoms with Crippen LogP contribution < -0.4 is 21.2 Å². The van der Waals surface area contributed by atoms with E-state index in [0.29, 0.717) is 41.3 Å². The average Bonchev–Trinajstić information content (AvgIpc) is 4.00. The molecule has 342 valence electrons. The summed E-state index contributed by atoms with van der Waals surface area (Å²) in [5.74, 6) is 6.11. The maximum Gasteiger partial charge on any atom is 0.329 e. The zero-order chi connectivity index (χ0) is 44.8. The second-order valence-electron chi connectivity index (χ2n) is 18.2. The first-order valence-electron chi connectivity index (χ1n) is 22.8. The number of hydrogen-bond donors (Lipinski definition) is 2. The molecule has 1 spiro atoms. The number of imidazole rings is 1. The van der Waals surface area contributed by atoms with Crippen molar-refractivity contribution < 1.29 is 32.6 Å². The van der Waals surface area contributed by atoms with Crippen molar-refractivity contribution in [3.63, 3.8) is 0 Å². The highest BCUT2D eigenvalue weighted by Crippen LogP contribution is 2.39. The number of anilines is 2. The molecule has 1 aromatic carbocycles. The zero-order valence-electron chi connectivity index (χ0n) is 36.4. The molecular weight excluding hydrogens is 841 g/mol. The van der Waals surface area contributed by atoms with Gasteiger partial charge in [0.25, 0.3) is 12.3 Å². The fourth-order valence-corrected chi connectivity index (χ4v) is 10.4. The predicted octanol–water partition coefficient (Wildman–Crippen LogP) is 4.77. The highest BCUT2D eigenvalue weighted by Gasteiger charge is 2.42. The van der Waals surface area contributed by atoms with Crippen LogP contribution in [0, 0.1) is 17.8 Å². The second-order valence-corrected chi connectivity index (χ2v) is 18.2. The van der Waals surface area contributed by atoms with E-state index in [1.807, 2.05) is 18.2 Å². The summed E-state index contributed by atoms with van der Waals surface area (Å²) < 4.78 is 47.0. The van der Waals surface area contributed by atoms with Gasteiger partial charge < -0.3 is 24.6 Å². The monoisotopic (exact) mass is 893 g/mol. The van der Waals surface area contributed by atoms with Crippen LogP contribution in [0.25, 0.3) is 16.7 Å². The fourth-order valence-electron chi connectivity index (χ4n) is 10.4. The largest absolute Gasteiger partial charge is 0.371 e. The van der Waals surface area contributed by atoms with Crippen LogP contribution in [0.15, 0.2) is 47.7 Å². The maximum absolute atomic E-state index is 14.3. The molecule has 2 N–H and O–H groups in total. The molecule has 0 bridgehead atoms. The van der Waals surface area contributed by atoms with Crippen LogP contribution in [0.2, 0.25) is 0 Å². The minimum absolute atomic E-state index is 0.00941. The van der Waals surface area contributed by atoms with Crippen molar-refractivity contribution in [1.29, 1.82) is 0 Å². The number of likely N-dealkylation sites (tertiary alicyclic amines) is 1. The third-order valence-electron chi connectivity index (χ3n) is 14.1. The molecule has 3 saturated heterocycles. The van der Waals surface area contributed by atoms with Gasteiger partial charge in [-0.2, -0.15) is 10.2 Å². The zero-order valence-corrected chi connectivity index (χ0v) is 36.4. The first-order chi connectivity index (χ1) is 31.5. The van der Waals surface area contributed by atoms with E-state index in [1.165, 1.54) is 19.8 Å². The van der Waals surface area contributed by atoms with E-state index in [4.69, 9.17) is 14.5 Å². The van der Waals surface area contributed by atoms with E-state index in [1.54, 1.807) is 30.2 Å². The number of benzene rings is 1. The minimum atomic E-state index is -2.87. The van der Waals surface area contributed by atoms with Gasteiger partial charge in [0.15, 0.2) is 11.3 Å². The van der Waals surface area contributed by atoms with Gasteiger partial charge in [-0.1, -0.05) is 17.9 Å². The van der Waals surface area contributed by atoms with Gasteiger partial charge in [0.2, 0.25) is 11.8 Å². The van der Waals surface area contributed by atoms with Crippen LogP contribution in [-0.2, 0) is 26.1 Å². The molecule has 19 heteroatoms. The van der Waals surface area contributed by atoms with Crippen molar-refractivity contribution in [2.45, 2.75) is 101 Å². The molecule has 5 aromatic rings. The topological polar surface area (TPSA) is 175 Å². The number of imide groups is 1. The summed E-state index contributed by atoms with van der Waals surface area (Å²) in [6.45, 7) is 5.06. The van der Waals surface area contributed by atoms with E-state index < -0.39 is 30.0 Å². The van der Waals surface area contributed by atoms with Crippen LogP contribution in [0.3, 0.4) is 0 Å². The minimum Gasteiger partial charge on any atom is -0.371 e. The number of carbonyl (C=O) groups excluding carboxylic acids is 3. The summed E-state index contributed by atoms with van der Waals surface area (Å²) in [7, 11) is 1.66. The summed E-state index contributed by atoms with van der Waals surface area (Å²) in [6.07, 6.45) is 10.8. The quantitative estimate of drug-likeness (QED) is 0.146. The van der Waals surface area contributed by atoms with Crippen molar-refractivity contribution in [3.05, 3.63) is 70.2 Å². The number of amides is 3. The van der Waals surface area contributed by atoms with Gasteiger partial charge in [-0.15, -0.1) is 0 Å². The summed E-state index contributed by atoms with van der Waals surface area (Å²) >= 11 is 0. The number of rotatable bonds is 10. The molecule has 4 aromatic heterocycles. The molecule has 1 unspecified atom stereocenters. The van der Waals surface area contributed by atoms with E-state index in [9.17, 15) is 28.0 Å². The SMILES string of the molecule is Cn1c(=O)n(C2CCC(=O)NC2=O)c2cccc(C#CCOC3CCN(C[C@H]4CC[C@H](n5cc(NC(=O)c6cnn7ccc(N8CCOC9(CCC9)C8)nc67)c(C(F)F)n5)CC4)CC3)c21. The number of carbonyl (C=O) groups is 3. The lowest BCUT2D eigenvalue weighted by molar-refractivity contribution is -0.135. The van der Waals surface area contributed by atoms with Gasteiger partial charge in [-0.3, -0.25) is 33.5 Å². The Bertz CT molecular complexity index is 2750. The van der Waals surface area contributed by atoms with Crippen molar-refractivity contribution in [2.75, 3.05) is 56.2 Å². The summed E-state index contributed by atoms with van der Waals surface area (Å²) in [6, 6.07) is 6.50. The van der Waals surface area contributed by atoms with Gasteiger partial charge in [0.1, 0.15) is 24.0 Å². The van der Waals surface area contributed by atoms with Crippen molar-refractivity contribution in [3.8, 4) is 11.8 Å². The predicted molar refractivity (Wildman–Crippen MR) is 235 cm³/mol. The van der Waals surface area contributed by atoms with E-state index >= 15 is 0 Å². The number of aromatic nitrogens is 7. The Kier molecular flexibility index (Phi) is 11.7. The number of para-hydroxylation sites is 1. The Labute approximate surface area is 373 Å². The van der Waals surface area contributed by atoms with Gasteiger partial charge in [-0.05, 0) is 88.3 Å². The first-order valence-corrected chi connectivity index (χ1v) is 22.8. The third kappa shape index (κ3) is 8.54. The molecular formula is C46H53F2N11O6. The van der Waals surface area contributed by atoms with E-state index in [2.05, 4.69) is 42.5 Å². The molecule has 17 nitrogen and oxygen atoms in total. The van der Waals surface area contributed by atoms with Crippen molar-refractivity contribution >= 4 is 45.9 Å². The van der Waals surface area contributed by atoms with Crippen LogP contribution >= 0.6 is 0 Å². The number of aryl methyl sites for hydroxylation is 1. The summed E-state index contributed by atoms with van der Waals surface area (Å²) in [4.78, 5) is 60.6. The Morgan fingerprint density at radius 3 is 2.63 bits per heavy atom. The van der Waals surface area contributed by atoms with Crippen LogP contribution in [0.5, 0.6) is 0 Å². The van der Waals surface area contributed by atoms with Crippen LogP contribution in [-0.4, -0.2) is 114 Å². The third-order valence-corrected chi connectivity index (χ3v) is 14.1. The molecule has 10 rings (SSSR count). The average molecular weight is 894 g/mol. The van der Waals surface area contributed by atoms with Gasteiger partial charge in [0, 0.05) is 58.6 Å². The summed E-state index contributed by atoms with van der Waals surface area (Å²) in [5.41, 5.74) is 1.50. The van der Waals surface area contributed by atoms with E-state index in [0.717, 1.165) is 89.8 Å². The number of nitrogens with one attached hydrogen (secondary N) is 2. The number of alkyl halides is 2. The smallest absolute Gasteiger partial charge is 0.329 e. The molecule has 3 amide bonds. The number of fused-ring (bicyclic) bond motifs is 2. The fraction of sp³-hybridized carbons (Fsp3) is 0.543. The molecule has 5 aliphatic rings. The van der Waals surface area contributed by atoms with Crippen LogP contribution in [0.4, 0.5) is 20.3 Å². The number of halogens is 2. The maximum atomic E-state index is 14.3. The molecule has 1 atom stereocenters. The molecule has 7 heterocycles. The van der Waals surface area contributed by atoms with Gasteiger partial charge in [-0.25, -0.2) is 23.1 Å². The molecule has 2 saturated carbocycles. The number of ether oxygens (including phenoxy) is 2. The molecule has 0 radical (unpaired) electrons. The Morgan fingerprint density at radius 2 is 1.88 bits per heavy atom. The Balaban J connectivity index is 0.700. The summed E-state index contributed by atoms with van der Waals surface area (Å²) in [5, 5.41) is 13.7. The lowest BCUT2D eigenvalue weighted by Crippen LogP contribution is -2.56. The lowest BCUT2D eigenvalue weighted by atomic mass is 9.79. The molecule has 3 aliphatic heterocycles. The highest BCUT2D eigenvalue weighted by atomic mass is 19.3. The Hall–Kier alpha value is -5.97. The number of morpholine rings is 1.